The van der Waals surface area contributed by atoms with Crippen molar-refractivity contribution in [1.82, 2.24) is 5.32 Å². The third-order valence-corrected chi connectivity index (χ3v) is 2.78. The quantitative estimate of drug-likeness (QED) is 0.824. The summed E-state index contributed by atoms with van der Waals surface area (Å²) in [5.74, 6) is 1.28. The number of hydrogen-bond acceptors (Lipinski definition) is 4. The molecule has 3 N–H and O–H groups in total. The molecule has 100 valence electrons. The highest BCUT2D eigenvalue weighted by molar-refractivity contribution is 5.78. The highest BCUT2D eigenvalue weighted by atomic mass is 16.5. The van der Waals surface area contributed by atoms with Gasteiger partial charge in [0.2, 0.25) is 5.91 Å². The van der Waals surface area contributed by atoms with Gasteiger partial charge in [-0.15, -0.1) is 0 Å². The molecular formula is C13H20N2O3. The van der Waals surface area contributed by atoms with E-state index < -0.39 is 0 Å². The Hall–Kier alpha value is -1.75. The normalized spacial score (nSPS) is 11.8. The molecule has 5 nitrogen and oxygen atoms in total. The van der Waals surface area contributed by atoms with Crippen LogP contribution in [0.4, 0.5) is 0 Å². The molecule has 0 fully saturated rings. The first-order chi connectivity index (χ1) is 8.53. The van der Waals surface area contributed by atoms with Gasteiger partial charge in [0.15, 0.2) is 0 Å². The Kier molecular flexibility index (Phi) is 4.97. The lowest BCUT2D eigenvalue weighted by Crippen LogP contribution is -2.32. The topological polar surface area (TPSA) is 73.6 Å². The van der Waals surface area contributed by atoms with E-state index in [0.29, 0.717) is 0 Å². The number of benzene rings is 1. The van der Waals surface area contributed by atoms with Gasteiger partial charge in [0.1, 0.15) is 11.5 Å². The minimum Gasteiger partial charge on any atom is -0.496 e. The number of carbonyl (C=O) groups is 1. The molecule has 0 heterocycles. The summed E-state index contributed by atoms with van der Waals surface area (Å²) >= 11 is 0. The van der Waals surface area contributed by atoms with E-state index in [1.807, 2.05) is 26.0 Å². The highest BCUT2D eigenvalue weighted by Gasteiger charge is 2.16. The van der Waals surface area contributed by atoms with Gasteiger partial charge in [-0.25, -0.2) is 0 Å². The fourth-order valence-electron chi connectivity index (χ4n) is 1.79. The molecule has 1 rings (SSSR count). The maximum absolute atomic E-state index is 11.3. The summed E-state index contributed by atoms with van der Waals surface area (Å²) in [4.78, 5) is 11.3. The summed E-state index contributed by atoms with van der Waals surface area (Å²) in [6.45, 7) is 3.78. The van der Waals surface area contributed by atoms with Gasteiger partial charge in [-0.2, -0.15) is 0 Å². The molecule has 1 unspecified atom stereocenters. The van der Waals surface area contributed by atoms with E-state index in [9.17, 15) is 4.79 Å². The van der Waals surface area contributed by atoms with Crippen molar-refractivity contribution >= 4 is 5.91 Å². The van der Waals surface area contributed by atoms with Crippen molar-refractivity contribution in [3.63, 3.8) is 0 Å². The summed E-state index contributed by atoms with van der Waals surface area (Å²) in [5, 5.41) is 2.79. The van der Waals surface area contributed by atoms with Crippen LogP contribution < -0.4 is 20.5 Å². The molecule has 0 bridgehead atoms. The second-order valence-corrected chi connectivity index (χ2v) is 4.06. The van der Waals surface area contributed by atoms with E-state index in [1.165, 1.54) is 0 Å². The highest BCUT2D eigenvalue weighted by Crippen LogP contribution is 2.32. The molecule has 0 radical (unpaired) electrons. The number of ether oxygens (including phenoxy) is 2. The lowest BCUT2D eigenvalue weighted by Gasteiger charge is -2.19. The van der Waals surface area contributed by atoms with Gasteiger partial charge in [-0.3, -0.25) is 4.79 Å². The Balaban J connectivity index is 3.08. The monoisotopic (exact) mass is 252 g/mol. The molecule has 1 aromatic rings. The first-order valence-corrected chi connectivity index (χ1v) is 5.75. The Bertz CT molecular complexity index is 432. The fourth-order valence-corrected chi connectivity index (χ4v) is 1.79. The SMILES string of the molecule is COc1cc(C(C)NC(=O)CN)c(OC)cc1C. The molecule has 0 aromatic heterocycles. The Morgan fingerprint density at radius 2 is 1.94 bits per heavy atom. The smallest absolute Gasteiger partial charge is 0.234 e. The van der Waals surface area contributed by atoms with Crippen molar-refractivity contribution in [2.45, 2.75) is 19.9 Å². The average molecular weight is 252 g/mol. The predicted molar refractivity (Wildman–Crippen MR) is 69.9 cm³/mol. The van der Waals surface area contributed by atoms with E-state index >= 15 is 0 Å². The van der Waals surface area contributed by atoms with Crippen molar-refractivity contribution in [2.24, 2.45) is 5.73 Å². The number of hydrogen-bond donors (Lipinski definition) is 2. The number of nitrogens with two attached hydrogens (primary N) is 1. The third-order valence-electron chi connectivity index (χ3n) is 2.78. The van der Waals surface area contributed by atoms with Gasteiger partial charge in [0.05, 0.1) is 26.8 Å². The van der Waals surface area contributed by atoms with Gasteiger partial charge >= 0.3 is 0 Å². The molecule has 0 spiro atoms. The number of rotatable bonds is 5. The van der Waals surface area contributed by atoms with E-state index in [0.717, 1.165) is 22.6 Å². The summed E-state index contributed by atoms with van der Waals surface area (Å²) in [7, 11) is 3.21. The molecule has 0 aliphatic heterocycles. The third kappa shape index (κ3) is 3.13. The lowest BCUT2D eigenvalue weighted by atomic mass is 10.0. The van der Waals surface area contributed by atoms with Crippen molar-refractivity contribution < 1.29 is 14.3 Å². The van der Waals surface area contributed by atoms with Crippen molar-refractivity contribution in [1.29, 1.82) is 0 Å². The molecule has 18 heavy (non-hydrogen) atoms. The van der Waals surface area contributed by atoms with Crippen LogP contribution in [-0.4, -0.2) is 26.7 Å². The van der Waals surface area contributed by atoms with Crippen molar-refractivity contribution in [3.05, 3.63) is 23.3 Å². The van der Waals surface area contributed by atoms with Crippen LogP contribution in [0.25, 0.3) is 0 Å². The zero-order valence-corrected chi connectivity index (χ0v) is 11.2. The second-order valence-electron chi connectivity index (χ2n) is 4.06. The first kappa shape index (κ1) is 14.3. The zero-order chi connectivity index (χ0) is 13.7. The van der Waals surface area contributed by atoms with E-state index in [4.69, 9.17) is 15.2 Å². The van der Waals surface area contributed by atoms with Crippen molar-refractivity contribution in [3.8, 4) is 11.5 Å². The van der Waals surface area contributed by atoms with Crippen LogP contribution in [0, 0.1) is 6.92 Å². The molecule has 0 aliphatic carbocycles. The van der Waals surface area contributed by atoms with Gasteiger partial charge in [0, 0.05) is 5.56 Å². The standard InChI is InChI=1S/C13H20N2O3/c1-8-5-12(18-4)10(6-11(8)17-3)9(2)15-13(16)7-14/h5-6,9H,7,14H2,1-4H3,(H,15,16). The number of methoxy groups -OCH3 is 2. The molecule has 1 atom stereocenters. The van der Waals surface area contributed by atoms with Crippen LogP contribution in [0.2, 0.25) is 0 Å². The van der Waals surface area contributed by atoms with E-state index in [1.54, 1.807) is 14.2 Å². The predicted octanol–water partition coefficient (Wildman–Crippen LogP) is 1.15. The fraction of sp³-hybridized carbons (Fsp3) is 0.462. The summed E-state index contributed by atoms with van der Waals surface area (Å²) in [6.07, 6.45) is 0. The molecule has 0 aliphatic rings. The van der Waals surface area contributed by atoms with Gasteiger partial charge in [0.25, 0.3) is 0 Å². The second kappa shape index (κ2) is 6.26. The van der Waals surface area contributed by atoms with Gasteiger partial charge < -0.3 is 20.5 Å². The number of aryl methyl sites for hydroxylation is 1. The van der Waals surface area contributed by atoms with Crippen molar-refractivity contribution in [2.75, 3.05) is 20.8 Å². The summed E-state index contributed by atoms with van der Waals surface area (Å²) in [6, 6.07) is 3.57. The number of nitrogens with one attached hydrogen (secondary N) is 1. The maximum atomic E-state index is 11.3. The molecular weight excluding hydrogens is 232 g/mol. The Morgan fingerprint density at radius 1 is 1.33 bits per heavy atom. The van der Waals surface area contributed by atoms with Crippen LogP contribution in [0.5, 0.6) is 11.5 Å². The number of amides is 1. The van der Waals surface area contributed by atoms with Crippen LogP contribution in [0.15, 0.2) is 12.1 Å². The van der Waals surface area contributed by atoms with Gasteiger partial charge in [-0.05, 0) is 31.5 Å². The number of carbonyl (C=O) groups excluding carboxylic acids is 1. The summed E-state index contributed by atoms with van der Waals surface area (Å²) in [5.41, 5.74) is 7.13. The molecule has 1 aromatic carbocycles. The largest absolute Gasteiger partial charge is 0.496 e. The first-order valence-electron chi connectivity index (χ1n) is 5.75. The van der Waals surface area contributed by atoms with Crippen LogP contribution >= 0.6 is 0 Å². The Morgan fingerprint density at radius 3 is 2.44 bits per heavy atom. The van der Waals surface area contributed by atoms with Crippen LogP contribution in [0.1, 0.15) is 24.1 Å². The van der Waals surface area contributed by atoms with Crippen LogP contribution in [0.3, 0.4) is 0 Å². The Labute approximate surface area is 107 Å². The molecule has 1 amide bonds. The van der Waals surface area contributed by atoms with E-state index in [2.05, 4.69) is 5.32 Å². The zero-order valence-electron chi connectivity index (χ0n) is 11.2. The molecule has 0 saturated carbocycles. The minimum absolute atomic E-state index is 0.0321. The minimum atomic E-state index is -0.205. The van der Waals surface area contributed by atoms with Crippen LogP contribution in [-0.2, 0) is 4.79 Å². The maximum Gasteiger partial charge on any atom is 0.234 e. The average Bonchev–Trinajstić information content (AvgIpc) is 2.37. The molecule has 5 heteroatoms. The van der Waals surface area contributed by atoms with E-state index in [-0.39, 0.29) is 18.5 Å². The molecule has 0 saturated heterocycles. The van der Waals surface area contributed by atoms with Gasteiger partial charge in [-0.1, -0.05) is 0 Å². The summed E-state index contributed by atoms with van der Waals surface area (Å²) < 4.78 is 10.6. The lowest BCUT2D eigenvalue weighted by molar-refractivity contribution is -0.120.